The third-order valence-electron chi connectivity index (χ3n) is 14.1. The molecule has 0 heterocycles. The van der Waals surface area contributed by atoms with Crippen LogP contribution >= 0.6 is 0 Å². The zero-order valence-electron chi connectivity index (χ0n) is 52.8. The van der Waals surface area contributed by atoms with Crippen LogP contribution in [0.4, 0.5) is 0 Å². The standard InChI is InChI=1S/C75H124O6/c1-4-7-10-13-16-19-21-23-25-27-29-31-33-35-36-37-38-40-41-43-45-47-49-51-53-56-59-62-65-68-74(77)80-71-72(70-79-73(76)67-64-61-58-55-18-15-12-9-6-3)81-75(78)69-66-63-60-57-54-52-50-48-46-44-42-39-34-32-30-28-26-24-22-20-17-14-11-8-5-2/h7,10,16,19,22-25,28-31,35-36,38,40,43,45,49,51,56,59,72H,4-6,8-9,11-15,17-18,20-21,26-27,32-34,37,39,41-42,44,46-48,50,52-55,57-58,60-71H2,1-3H3/b10-7-,19-16-,24-22-,25-23-,30-28-,31-29-,36-35-,40-38-,45-43-,51-49-,59-56-. The van der Waals surface area contributed by atoms with E-state index in [2.05, 4.69) is 154 Å². The Morgan fingerprint density at radius 3 is 0.802 bits per heavy atom. The molecular formula is C75H124O6. The Hall–Kier alpha value is -4.45. The highest BCUT2D eigenvalue weighted by Gasteiger charge is 2.19. The number of ether oxygens (including phenoxy) is 3. The zero-order valence-corrected chi connectivity index (χ0v) is 52.8. The number of carbonyl (C=O) groups is 3. The van der Waals surface area contributed by atoms with Gasteiger partial charge in [0.15, 0.2) is 6.10 Å². The molecule has 6 heteroatoms. The van der Waals surface area contributed by atoms with Gasteiger partial charge in [0.25, 0.3) is 0 Å². The smallest absolute Gasteiger partial charge is 0.306 e. The minimum atomic E-state index is -0.805. The van der Waals surface area contributed by atoms with E-state index in [1.54, 1.807) is 0 Å². The molecule has 0 aliphatic rings. The second-order valence-electron chi connectivity index (χ2n) is 22.0. The molecule has 81 heavy (non-hydrogen) atoms. The van der Waals surface area contributed by atoms with Crippen molar-refractivity contribution in [3.8, 4) is 0 Å². The molecule has 0 N–H and O–H groups in total. The third kappa shape index (κ3) is 66.2. The number of allylic oxidation sites excluding steroid dienone is 22. The third-order valence-corrected chi connectivity index (χ3v) is 14.1. The van der Waals surface area contributed by atoms with Crippen molar-refractivity contribution in [3.63, 3.8) is 0 Å². The first kappa shape index (κ1) is 76.5. The normalized spacial score (nSPS) is 13.0. The van der Waals surface area contributed by atoms with Crippen LogP contribution in [0.2, 0.25) is 0 Å². The van der Waals surface area contributed by atoms with Crippen LogP contribution in [0.25, 0.3) is 0 Å². The van der Waals surface area contributed by atoms with Gasteiger partial charge in [0.05, 0.1) is 0 Å². The van der Waals surface area contributed by atoms with Gasteiger partial charge in [-0.3, -0.25) is 14.4 Å². The molecule has 460 valence electrons. The maximum absolute atomic E-state index is 12.9. The van der Waals surface area contributed by atoms with Crippen molar-refractivity contribution in [2.45, 2.75) is 309 Å². The Bertz CT molecular complexity index is 1720. The summed E-state index contributed by atoms with van der Waals surface area (Å²) in [6, 6.07) is 0. The van der Waals surface area contributed by atoms with E-state index >= 15 is 0 Å². The van der Waals surface area contributed by atoms with Gasteiger partial charge in [-0.2, -0.15) is 0 Å². The largest absolute Gasteiger partial charge is 0.462 e. The van der Waals surface area contributed by atoms with E-state index in [1.807, 2.05) is 0 Å². The molecule has 0 radical (unpaired) electrons. The van der Waals surface area contributed by atoms with Gasteiger partial charge in [0.2, 0.25) is 0 Å². The summed E-state index contributed by atoms with van der Waals surface area (Å²) in [5.74, 6) is -0.959. The van der Waals surface area contributed by atoms with Gasteiger partial charge in [-0.15, -0.1) is 0 Å². The molecule has 0 aromatic heterocycles. The molecule has 0 aliphatic heterocycles. The fourth-order valence-corrected chi connectivity index (χ4v) is 9.12. The quantitative estimate of drug-likeness (QED) is 0.0261. The highest BCUT2D eigenvalue weighted by atomic mass is 16.6. The number of hydrogen-bond donors (Lipinski definition) is 0. The summed E-state index contributed by atoms with van der Waals surface area (Å²) in [5, 5.41) is 0. The molecule has 0 saturated carbocycles. The van der Waals surface area contributed by atoms with Gasteiger partial charge in [0, 0.05) is 19.3 Å². The molecule has 1 unspecified atom stereocenters. The van der Waals surface area contributed by atoms with Gasteiger partial charge in [-0.05, 0) is 116 Å². The summed E-state index contributed by atoms with van der Waals surface area (Å²) < 4.78 is 16.8. The van der Waals surface area contributed by atoms with Crippen LogP contribution in [0.15, 0.2) is 134 Å². The fourth-order valence-electron chi connectivity index (χ4n) is 9.12. The lowest BCUT2D eigenvalue weighted by Crippen LogP contribution is -2.30. The van der Waals surface area contributed by atoms with Crippen LogP contribution in [0.5, 0.6) is 0 Å². The lowest BCUT2D eigenvalue weighted by molar-refractivity contribution is -0.167. The Morgan fingerprint density at radius 1 is 0.259 bits per heavy atom. The van der Waals surface area contributed by atoms with Crippen molar-refractivity contribution in [1.29, 1.82) is 0 Å². The van der Waals surface area contributed by atoms with Crippen LogP contribution in [0.3, 0.4) is 0 Å². The van der Waals surface area contributed by atoms with Crippen molar-refractivity contribution in [1.82, 2.24) is 0 Å². The minimum absolute atomic E-state index is 0.0972. The summed E-state index contributed by atoms with van der Waals surface area (Å²) in [6.07, 6.45) is 96.3. The highest BCUT2D eigenvalue weighted by Crippen LogP contribution is 2.16. The second-order valence-corrected chi connectivity index (χ2v) is 22.0. The van der Waals surface area contributed by atoms with Crippen molar-refractivity contribution in [3.05, 3.63) is 134 Å². The van der Waals surface area contributed by atoms with Crippen molar-refractivity contribution in [2.24, 2.45) is 0 Å². The van der Waals surface area contributed by atoms with E-state index in [0.29, 0.717) is 19.3 Å². The molecule has 0 spiro atoms. The van der Waals surface area contributed by atoms with Crippen LogP contribution in [-0.2, 0) is 28.6 Å². The molecule has 6 nitrogen and oxygen atoms in total. The number of unbranched alkanes of at least 4 members (excludes halogenated alkanes) is 27. The monoisotopic (exact) mass is 1120 g/mol. The highest BCUT2D eigenvalue weighted by molar-refractivity contribution is 5.71. The van der Waals surface area contributed by atoms with Gasteiger partial charge in [-0.25, -0.2) is 0 Å². The molecule has 1 atom stereocenters. The minimum Gasteiger partial charge on any atom is -0.462 e. The maximum Gasteiger partial charge on any atom is 0.306 e. The molecule has 0 aromatic rings. The predicted octanol–water partition coefficient (Wildman–Crippen LogP) is 23.3. The van der Waals surface area contributed by atoms with Crippen LogP contribution in [-0.4, -0.2) is 37.2 Å². The molecule has 0 rings (SSSR count). The Labute approximate surface area is 500 Å². The molecular weight excluding hydrogens is 997 g/mol. The number of esters is 3. The summed E-state index contributed by atoms with van der Waals surface area (Å²) in [6.45, 7) is 6.46. The van der Waals surface area contributed by atoms with Crippen molar-refractivity contribution < 1.29 is 28.6 Å². The molecule has 0 aliphatic carbocycles. The SMILES string of the molecule is CC/C=C\C/C=C\C/C=C\C/C=C\C/C=C\C/C=C\C/C=C\C/C=C\C/C=C\CCCC(=O)OCC(COC(=O)CCCCCCCCCCC)OC(=O)CCCCCCCCCCCCCCC/C=C\C/C=C\CCCCCCC. The number of carbonyl (C=O) groups excluding carboxylic acids is 3. The van der Waals surface area contributed by atoms with Crippen molar-refractivity contribution in [2.75, 3.05) is 13.2 Å². The van der Waals surface area contributed by atoms with E-state index in [1.165, 1.54) is 148 Å². The zero-order chi connectivity index (χ0) is 58.5. The fraction of sp³-hybridized carbons (Fsp3) is 0.667. The van der Waals surface area contributed by atoms with E-state index in [9.17, 15) is 14.4 Å². The first-order valence-corrected chi connectivity index (χ1v) is 33.7. The Balaban J connectivity index is 4.32. The maximum atomic E-state index is 12.9. The lowest BCUT2D eigenvalue weighted by Gasteiger charge is -2.18. The predicted molar refractivity (Wildman–Crippen MR) is 353 cm³/mol. The number of rotatable bonds is 60. The Morgan fingerprint density at radius 2 is 0.494 bits per heavy atom. The summed E-state index contributed by atoms with van der Waals surface area (Å²) >= 11 is 0. The molecule has 0 saturated heterocycles. The molecule has 0 amide bonds. The molecule has 0 bridgehead atoms. The average molecular weight is 1120 g/mol. The van der Waals surface area contributed by atoms with Gasteiger partial charge in [0.1, 0.15) is 13.2 Å². The molecule has 0 aromatic carbocycles. The van der Waals surface area contributed by atoms with E-state index < -0.39 is 6.10 Å². The van der Waals surface area contributed by atoms with Gasteiger partial charge < -0.3 is 14.2 Å². The summed E-state index contributed by atoms with van der Waals surface area (Å²) in [4.78, 5) is 38.2. The Kier molecular flexibility index (Phi) is 64.3. The van der Waals surface area contributed by atoms with E-state index in [-0.39, 0.29) is 37.5 Å². The van der Waals surface area contributed by atoms with Crippen molar-refractivity contribution >= 4 is 17.9 Å². The van der Waals surface area contributed by atoms with E-state index in [0.717, 1.165) is 109 Å². The van der Waals surface area contributed by atoms with Gasteiger partial charge >= 0.3 is 17.9 Å². The summed E-state index contributed by atoms with van der Waals surface area (Å²) in [5.41, 5.74) is 0. The second kappa shape index (κ2) is 68.1. The first-order valence-electron chi connectivity index (χ1n) is 33.7. The number of hydrogen-bond acceptors (Lipinski definition) is 6. The lowest BCUT2D eigenvalue weighted by atomic mass is 10.0. The first-order chi connectivity index (χ1) is 40.0. The van der Waals surface area contributed by atoms with Crippen LogP contribution in [0.1, 0.15) is 303 Å². The van der Waals surface area contributed by atoms with E-state index in [4.69, 9.17) is 14.2 Å². The van der Waals surface area contributed by atoms with Gasteiger partial charge in [-0.1, -0.05) is 302 Å². The van der Waals surface area contributed by atoms with Crippen LogP contribution in [0, 0.1) is 0 Å². The molecule has 0 fully saturated rings. The van der Waals surface area contributed by atoms with Crippen LogP contribution < -0.4 is 0 Å². The topological polar surface area (TPSA) is 78.9 Å². The summed E-state index contributed by atoms with van der Waals surface area (Å²) in [7, 11) is 0. The average Bonchev–Trinajstić information content (AvgIpc) is 3.47.